The molecule has 0 spiro atoms. The lowest BCUT2D eigenvalue weighted by molar-refractivity contribution is 0.470. The molecule has 2 aromatic rings. The molecular weight excluding hydrogens is 300 g/mol. The third kappa shape index (κ3) is 2.48. The Morgan fingerprint density at radius 3 is 2.76 bits per heavy atom. The number of halogens is 1. The molecule has 17 heavy (non-hydrogen) atoms. The van der Waals surface area contributed by atoms with Crippen LogP contribution in [0, 0.1) is 0 Å². The molecular formula is C11H11BrN4S. The Morgan fingerprint density at radius 1 is 1.35 bits per heavy atom. The van der Waals surface area contributed by atoms with Crippen LogP contribution in [-0.4, -0.2) is 29.3 Å². The van der Waals surface area contributed by atoms with Crippen molar-refractivity contribution in [2.75, 3.05) is 18.4 Å². The van der Waals surface area contributed by atoms with E-state index in [0.29, 0.717) is 6.04 Å². The van der Waals surface area contributed by atoms with Crippen LogP contribution in [0.5, 0.6) is 0 Å². The maximum absolute atomic E-state index is 4.23. The smallest absolute Gasteiger partial charge is 0.148 e. The van der Waals surface area contributed by atoms with Gasteiger partial charge in [-0.25, -0.2) is 0 Å². The van der Waals surface area contributed by atoms with Crippen LogP contribution >= 0.6 is 27.3 Å². The van der Waals surface area contributed by atoms with E-state index in [1.807, 2.05) is 17.5 Å². The number of hydrogen-bond acceptors (Lipinski definition) is 5. The van der Waals surface area contributed by atoms with E-state index >= 15 is 0 Å². The minimum atomic E-state index is 0.492. The molecule has 0 unspecified atom stereocenters. The highest BCUT2D eigenvalue weighted by atomic mass is 79.9. The predicted octanol–water partition coefficient (Wildman–Crippen LogP) is 2.35. The molecule has 1 aliphatic heterocycles. The summed E-state index contributed by atoms with van der Waals surface area (Å²) in [6.07, 6.45) is 0. The Morgan fingerprint density at radius 2 is 2.24 bits per heavy atom. The molecule has 1 saturated heterocycles. The largest absolute Gasteiger partial charge is 0.363 e. The second-order valence-electron chi connectivity index (χ2n) is 3.93. The Bertz CT molecular complexity index is 506. The van der Waals surface area contributed by atoms with E-state index in [1.165, 1.54) is 0 Å². The molecule has 0 bridgehead atoms. The van der Waals surface area contributed by atoms with Crippen molar-refractivity contribution in [2.45, 2.75) is 6.04 Å². The van der Waals surface area contributed by atoms with Gasteiger partial charge in [0.25, 0.3) is 0 Å². The topological polar surface area (TPSA) is 49.8 Å². The van der Waals surface area contributed by atoms with Crippen LogP contribution in [0.4, 0.5) is 5.82 Å². The fraction of sp³-hybridized carbons (Fsp3) is 0.273. The molecule has 2 N–H and O–H groups in total. The molecule has 88 valence electrons. The van der Waals surface area contributed by atoms with Crippen molar-refractivity contribution < 1.29 is 0 Å². The molecule has 0 aliphatic carbocycles. The third-order valence-corrected chi connectivity index (χ3v) is 4.33. The average Bonchev–Trinajstić information content (AvgIpc) is 2.71. The van der Waals surface area contributed by atoms with Crippen LogP contribution in [0.3, 0.4) is 0 Å². The van der Waals surface area contributed by atoms with Gasteiger partial charge in [0.1, 0.15) is 11.5 Å². The number of aromatic nitrogens is 2. The molecule has 3 heterocycles. The lowest BCUT2D eigenvalue weighted by Gasteiger charge is -2.28. The van der Waals surface area contributed by atoms with E-state index in [-0.39, 0.29) is 0 Å². The molecule has 2 aromatic heterocycles. The first-order chi connectivity index (χ1) is 8.31. The molecule has 1 aliphatic rings. The Balaban J connectivity index is 1.75. The lowest BCUT2D eigenvalue weighted by Crippen LogP contribution is -2.51. The van der Waals surface area contributed by atoms with Gasteiger partial charge in [0, 0.05) is 22.9 Å². The van der Waals surface area contributed by atoms with Crippen molar-refractivity contribution in [1.82, 2.24) is 15.5 Å². The van der Waals surface area contributed by atoms with E-state index in [0.717, 1.165) is 34.0 Å². The van der Waals surface area contributed by atoms with Gasteiger partial charge in [-0.3, -0.25) is 0 Å². The van der Waals surface area contributed by atoms with Gasteiger partial charge in [-0.1, -0.05) is 0 Å². The molecule has 4 nitrogen and oxygen atoms in total. The number of thiophene rings is 1. The molecule has 0 atom stereocenters. The van der Waals surface area contributed by atoms with Crippen molar-refractivity contribution in [3.8, 4) is 10.6 Å². The first kappa shape index (κ1) is 11.1. The maximum Gasteiger partial charge on any atom is 0.148 e. The summed E-state index contributed by atoms with van der Waals surface area (Å²) in [6, 6.07) is 6.53. The summed E-state index contributed by atoms with van der Waals surface area (Å²) in [5.74, 6) is 0.843. The highest BCUT2D eigenvalue weighted by molar-refractivity contribution is 9.10. The van der Waals surface area contributed by atoms with Gasteiger partial charge < -0.3 is 10.6 Å². The van der Waals surface area contributed by atoms with Gasteiger partial charge >= 0.3 is 0 Å². The van der Waals surface area contributed by atoms with E-state index < -0.39 is 0 Å². The van der Waals surface area contributed by atoms with Crippen LogP contribution in [0.1, 0.15) is 0 Å². The number of hydrogen-bond donors (Lipinski definition) is 2. The molecule has 6 heteroatoms. The zero-order chi connectivity index (χ0) is 11.7. The van der Waals surface area contributed by atoms with Crippen LogP contribution in [0.15, 0.2) is 28.1 Å². The van der Waals surface area contributed by atoms with Crippen molar-refractivity contribution >= 4 is 33.1 Å². The highest BCUT2D eigenvalue weighted by Gasteiger charge is 2.16. The molecule has 0 saturated carbocycles. The summed E-state index contributed by atoms with van der Waals surface area (Å²) in [4.78, 5) is 1.13. The zero-order valence-electron chi connectivity index (χ0n) is 8.98. The average molecular weight is 311 g/mol. The van der Waals surface area contributed by atoms with Crippen LogP contribution in [0.25, 0.3) is 10.6 Å². The Hall–Kier alpha value is -0.980. The standard InChI is InChI=1S/C11H11BrN4S/c12-7-3-10(17-6-7)9-1-2-11(16-15-9)14-8-4-13-5-8/h1-3,6,8,13H,4-5H2,(H,14,16). The number of anilines is 1. The second kappa shape index (κ2) is 4.72. The minimum absolute atomic E-state index is 0.492. The van der Waals surface area contributed by atoms with Gasteiger partial charge in [-0.05, 0) is 34.1 Å². The fourth-order valence-electron chi connectivity index (χ4n) is 1.59. The molecule has 0 amide bonds. The number of rotatable bonds is 3. The maximum atomic E-state index is 4.23. The van der Waals surface area contributed by atoms with Crippen LogP contribution in [0.2, 0.25) is 0 Å². The lowest BCUT2D eigenvalue weighted by atomic mass is 10.2. The predicted molar refractivity (Wildman–Crippen MR) is 73.3 cm³/mol. The monoisotopic (exact) mass is 310 g/mol. The summed E-state index contributed by atoms with van der Waals surface area (Å²) >= 11 is 5.09. The molecule has 1 fully saturated rings. The Labute approximate surface area is 112 Å². The van der Waals surface area contributed by atoms with E-state index in [4.69, 9.17) is 0 Å². The SMILES string of the molecule is Brc1csc(-c2ccc(NC3CNC3)nn2)c1. The minimum Gasteiger partial charge on any atom is -0.363 e. The summed E-state index contributed by atoms with van der Waals surface area (Å²) in [7, 11) is 0. The first-order valence-electron chi connectivity index (χ1n) is 5.37. The van der Waals surface area contributed by atoms with Crippen molar-refractivity contribution in [2.24, 2.45) is 0 Å². The summed E-state index contributed by atoms with van der Waals surface area (Å²) in [5.41, 5.74) is 0.915. The van der Waals surface area contributed by atoms with Crippen LogP contribution in [-0.2, 0) is 0 Å². The summed E-state index contributed by atoms with van der Waals surface area (Å²) in [5, 5.41) is 17.0. The third-order valence-electron chi connectivity index (χ3n) is 2.62. The summed E-state index contributed by atoms with van der Waals surface area (Å²) < 4.78 is 1.09. The molecule has 0 radical (unpaired) electrons. The van der Waals surface area contributed by atoms with Gasteiger partial charge in [0.15, 0.2) is 0 Å². The number of nitrogens with zero attached hydrogens (tertiary/aromatic N) is 2. The van der Waals surface area contributed by atoms with Crippen molar-refractivity contribution in [3.63, 3.8) is 0 Å². The fourth-order valence-corrected chi connectivity index (χ4v) is 2.98. The van der Waals surface area contributed by atoms with E-state index in [9.17, 15) is 0 Å². The number of nitrogens with one attached hydrogen (secondary N) is 2. The van der Waals surface area contributed by atoms with E-state index in [2.05, 4.69) is 42.8 Å². The normalized spacial score (nSPS) is 15.6. The second-order valence-corrected chi connectivity index (χ2v) is 5.76. The van der Waals surface area contributed by atoms with Crippen molar-refractivity contribution in [1.29, 1.82) is 0 Å². The summed E-state index contributed by atoms with van der Waals surface area (Å²) in [6.45, 7) is 2.00. The van der Waals surface area contributed by atoms with Gasteiger partial charge in [-0.2, -0.15) is 0 Å². The quantitative estimate of drug-likeness (QED) is 0.913. The zero-order valence-corrected chi connectivity index (χ0v) is 11.4. The Kier molecular flexibility index (Phi) is 3.09. The molecule has 3 rings (SSSR count). The molecule has 0 aromatic carbocycles. The van der Waals surface area contributed by atoms with Crippen LogP contribution < -0.4 is 10.6 Å². The van der Waals surface area contributed by atoms with Crippen molar-refractivity contribution in [3.05, 3.63) is 28.1 Å². The van der Waals surface area contributed by atoms with Gasteiger partial charge in [0.2, 0.25) is 0 Å². The van der Waals surface area contributed by atoms with E-state index in [1.54, 1.807) is 11.3 Å². The first-order valence-corrected chi connectivity index (χ1v) is 7.04. The highest BCUT2D eigenvalue weighted by Crippen LogP contribution is 2.28. The van der Waals surface area contributed by atoms with Gasteiger partial charge in [0.05, 0.1) is 10.9 Å². The van der Waals surface area contributed by atoms with Gasteiger partial charge in [-0.15, -0.1) is 21.5 Å².